The van der Waals surface area contributed by atoms with E-state index in [0.717, 1.165) is 69.2 Å². The molecule has 2 saturated heterocycles. The number of aliphatic imine (C=N–C) groups is 2. The number of ether oxygens (including phenoxy) is 2. The number of hydrogen-bond donors (Lipinski definition) is 0. The summed E-state index contributed by atoms with van der Waals surface area (Å²) >= 11 is 0. The van der Waals surface area contributed by atoms with Crippen LogP contribution in [0.4, 0.5) is 11.4 Å². The van der Waals surface area contributed by atoms with Crippen LogP contribution >= 0.6 is 0 Å². The van der Waals surface area contributed by atoms with Gasteiger partial charge in [0, 0.05) is 25.5 Å². The summed E-state index contributed by atoms with van der Waals surface area (Å²) in [6, 6.07) is 7.85. The third-order valence-electron chi connectivity index (χ3n) is 8.04. The van der Waals surface area contributed by atoms with Crippen LogP contribution in [-0.4, -0.2) is 73.4 Å². The predicted molar refractivity (Wildman–Crippen MR) is 142 cm³/mol. The van der Waals surface area contributed by atoms with Gasteiger partial charge in [-0.1, -0.05) is 0 Å². The molecule has 2 amide bonds. The number of benzene rings is 2. The van der Waals surface area contributed by atoms with Crippen molar-refractivity contribution in [1.29, 1.82) is 0 Å². The number of hydrogen-bond acceptors (Lipinski definition) is 6. The monoisotopic (exact) mass is 500 g/mol. The molecule has 4 heterocycles. The average Bonchev–Trinajstić information content (AvgIpc) is 3.54. The van der Waals surface area contributed by atoms with Crippen molar-refractivity contribution in [2.75, 3.05) is 27.3 Å². The Kier molecular flexibility index (Phi) is 6.18. The molecule has 0 saturated carbocycles. The summed E-state index contributed by atoms with van der Waals surface area (Å²) in [6.07, 6.45) is 10.1. The summed E-state index contributed by atoms with van der Waals surface area (Å²) in [5.41, 5.74) is 4.69. The Morgan fingerprint density at radius 1 is 0.757 bits per heavy atom. The van der Waals surface area contributed by atoms with E-state index in [-0.39, 0.29) is 23.9 Å². The Bertz CT molecular complexity index is 1220. The molecule has 0 aliphatic carbocycles. The standard InChI is InChI=1S/C29H32N4O4/c1-36-26-14-22-24(30-16-20-8-4-10-32(20)28(22)34)12-18(26)6-3-7-19-13-25-23(15-27(19)37-2)29(35)33-11-5-9-21(33)17-31-25/h12-17,20-21H,3-11H2,1-2H3/t20-,21-/m0/s1. The van der Waals surface area contributed by atoms with E-state index in [0.29, 0.717) is 34.0 Å². The lowest BCUT2D eigenvalue weighted by Gasteiger charge is -2.20. The third kappa shape index (κ3) is 4.18. The van der Waals surface area contributed by atoms with Gasteiger partial charge in [0.15, 0.2) is 0 Å². The number of methoxy groups -OCH3 is 2. The molecule has 2 aromatic rings. The first kappa shape index (κ1) is 23.7. The van der Waals surface area contributed by atoms with Gasteiger partial charge in [0.2, 0.25) is 0 Å². The summed E-state index contributed by atoms with van der Waals surface area (Å²) in [7, 11) is 3.29. The Morgan fingerprint density at radius 2 is 1.22 bits per heavy atom. The predicted octanol–water partition coefficient (Wildman–Crippen LogP) is 4.52. The van der Waals surface area contributed by atoms with Gasteiger partial charge in [-0.05, 0) is 80.3 Å². The molecule has 192 valence electrons. The molecule has 2 aromatic carbocycles. The van der Waals surface area contributed by atoms with Crippen molar-refractivity contribution in [3.63, 3.8) is 0 Å². The second kappa shape index (κ2) is 9.65. The van der Waals surface area contributed by atoms with Crippen LogP contribution in [0.25, 0.3) is 0 Å². The largest absolute Gasteiger partial charge is 0.496 e. The van der Waals surface area contributed by atoms with E-state index < -0.39 is 0 Å². The SMILES string of the molecule is COc1cc2c(cc1CCCc1cc3c(cc1OC)C(=O)N1CCC[C@H]1C=N3)N=C[C@@H]1CCCN1C2=O. The van der Waals surface area contributed by atoms with Crippen LogP contribution in [0.15, 0.2) is 34.3 Å². The zero-order valence-electron chi connectivity index (χ0n) is 21.4. The number of carbonyl (C=O) groups is 2. The van der Waals surface area contributed by atoms with E-state index in [9.17, 15) is 9.59 Å². The number of rotatable bonds is 6. The molecule has 0 aromatic heterocycles. The smallest absolute Gasteiger partial charge is 0.256 e. The van der Waals surface area contributed by atoms with Gasteiger partial charge in [-0.3, -0.25) is 19.6 Å². The van der Waals surface area contributed by atoms with Crippen molar-refractivity contribution in [2.45, 2.75) is 57.0 Å². The fraction of sp³-hybridized carbons (Fsp3) is 0.448. The highest BCUT2D eigenvalue weighted by molar-refractivity contribution is 6.04. The lowest BCUT2D eigenvalue weighted by atomic mass is 9.98. The van der Waals surface area contributed by atoms with Gasteiger partial charge in [0.05, 0.1) is 48.8 Å². The maximum Gasteiger partial charge on any atom is 0.256 e. The third-order valence-corrected chi connectivity index (χ3v) is 8.04. The van der Waals surface area contributed by atoms with E-state index in [4.69, 9.17) is 9.47 Å². The Labute approximate surface area is 217 Å². The fourth-order valence-corrected chi connectivity index (χ4v) is 6.06. The first-order valence-electron chi connectivity index (χ1n) is 13.2. The molecule has 0 radical (unpaired) electrons. The molecular weight excluding hydrogens is 468 g/mol. The first-order chi connectivity index (χ1) is 18.1. The summed E-state index contributed by atoms with van der Waals surface area (Å²) in [5.74, 6) is 1.49. The van der Waals surface area contributed by atoms with Gasteiger partial charge in [-0.25, -0.2) is 0 Å². The summed E-state index contributed by atoms with van der Waals surface area (Å²) < 4.78 is 11.4. The molecule has 4 aliphatic heterocycles. The van der Waals surface area contributed by atoms with Gasteiger partial charge < -0.3 is 19.3 Å². The molecule has 0 bridgehead atoms. The van der Waals surface area contributed by atoms with E-state index in [1.807, 2.05) is 46.5 Å². The molecule has 2 atom stereocenters. The number of fused-ring (bicyclic) bond motifs is 4. The normalized spacial score (nSPS) is 21.8. The molecule has 8 heteroatoms. The molecular formula is C29H32N4O4. The van der Waals surface area contributed by atoms with Gasteiger partial charge in [0.25, 0.3) is 11.8 Å². The molecule has 2 fully saturated rings. The molecule has 0 N–H and O–H groups in total. The van der Waals surface area contributed by atoms with Crippen LogP contribution in [0.5, 0.6) is 11.5 Å². The van der Waals surface area contributed by atoms with Crippen LogP contribution in [0, 0.1) is 0 Å². The molecule has 8 nitrogen and oxygen atoms in total. The maximum absolute atomic E-state index is 13.1. The average molecular weight is 501 g/mol. The summed E-state index contributed by atoms with van der Waals surface area (Å²) in [4.78, 5) is 39.5. The maximum atomic E-state index is 13.1. The van der Waals surface area contributed by atoms with Crippen molar-refractivity contribution in [3.8, 4) is 11.5 Å². The van der Waals surface area contributed by atoms with E-state index in [1.54, 1.807) is 14.2 Å². The fourth-order valence-electron chi connectivity index (χ4n) is 6.06. The number of amides is 2. The molecule has 37 heavy (non-hydrogen) atoms. The van der Waals surface area contributed by atoms with Crippen molar-refractivity contribution in [3.05, 3.63) is 46.5 Å². The number of aryl methyl sites for hydroxylation is 2. The summed E-state index contributed by atoms with van der Waals surface area (Å²) in [5, 5.41) is 0. The summed E-state index contributed by atoms with van der Waals surface area (Å²) in [6.45, 7) is 1.55. The van der Waals surface area contributed by atoms with Crippen LogP contribution in [0.2, 0.25) is 0 Å². The quantitative estimate of drug-likeness (QED) is 0.584. The van der Waals surface area contributed by atoms with Gasteiger partial charge >= 0.3 is 0 Å². The molecule has 0 spiro atoms. The van der Waals surface area contributed by atoms with Gasteiger partial charge in [0.1, 0.15) is 11.5 Å². The van der Waals surface area contributed by atoms with E-state index in [2.05, 4.69) is 9.98 Å². The van der Waals surface area contributed by atoms with E-state index in [1.165, 1.54) is 0 Å². The van der Waals surface area contributed by atoms with E-state index >= 15 is 0 Å². The zero-order chi connectivity index (χ0) is 25.5. The highest BCUT2D eigenvalue weighted by atomic mass is 16.5. The van der Waals surface area contributed by atoms with Gasteiger partial charge in [-0.2, -0.15) is 0 Å². The minimum Gasteiger partial charge on any atom is -0.496 e. The highest BCUT2D eigenvalue weighted by Crippen LogP contribution is 2.37. The van der Waals surface area contributed by atoms with Gasteiger partial charge in [-0.15, -0.1) is 0 Å². The zero-order valence-corrected chi connectivity index (χ0v) is 21.4. The van der Waals surface area contributed by atoms with Crippen LogP contribution in [0.1, 0.15) is 63.9 Å². The Hall–Kier alpha value is -3.68. The molecule has 6 rings (SSSR count). The van der Waals surface area contributed by atoms with Crippen molar-refractivity contribution in [2.24, 2.45) is 9.98 Å². The van der Waals surface area contributed by atoms with Crippen LogP contribution in [-0.2, 0) is 12.8 Å². The van der Waals surface area contributed by atoms with Crippen molar-refractivity contribution in [1.82, 2.24) is 9.80 Å². The lowest BCUT2D eigenvalue weighted by molar-refractivity contribution is 0.0766. The highest BCUT2D eigenvalue weighted by Gasteiger charge is 2.33. The lowest BCUT2D eigenvalue weighted by Crippen LogP contribution is -2.35. The minimum absolute atomic E-state index is 0.0325. The molecule has 0 unspecified atom stereocenters. The minimum atomic E-state index is 0.0325. The van der Waals surface area contributed by atoms with Crippen LogP contribution in [0.3, 0.4) is 0 Å². The Balaban J connectivity index is 1.23. The van der Waals surface area contributed by atoms with Crippen molar-refractivity contribution < 1.29 is 19.1 Å². The second-order valence-corrected chi connectivity index (χ2v) is 10.2. The molecule has 4 aliphatic rings. The number of carbonyl (C=O) groups excluding carboxylic acids is 2. The second-order valence-electron chi connectivity index (χ2n) is 10.2. The van der Waals surface area contributed by atoms with Crippen LogP contribution < -0.4 is 9.47 Å². The topological polar surface area (TPSA) is 83.8 Å². The first-order valence-corrected chi connectivity index (χ1v) is 13.2. The Morgan fingerprint density at radius 3 is 1.65 bits per heavy atom. The van der Waals surface area contributed by atoms with Crippen molar-refractivity contribution >= 4 is 35.6 Å². The number of nitrogens with zero attached hydrogens (tertiary/aromatic N) is 4.